The van der Waals surface area contributed by atoms with E-state index in [2.05, 4.69) is 15.3 Å². The van der Waals surface area contributed by atoms with Crippen LogP contribution < -0.4 is 19.7 Å². The van der Waals surface area contributed by atoms with Gasteiger partial charge in [-0.1, -0.05) is 24.3 Å². The van der Waals surface area contributed by atoms with Crippen molar-refractivity contribution in [3.63, 3.8) is 0 Å². The summed E-state index contributed by atoms with van der Waals surface area (Å²) in [5, 5.41) is 2.74. The molecule has 3 heterocycles. The highest BCUT2D eigenvalue weighted by molar-refractivity contribution is 6.07. The zero-order valence-electron chi connectivity index (χ0n) is 20.1. The van der Waals surface area contributed by atoms with Crippen molar-refractivity contribution in [2.24, 2.45) is 0 Å². The van der Waals surface area contributed by atoms with Crippen LogP contribution in [0.4, 0.5) is 30.4 Å². The maximum Gasteiger partial charge on any atom is 0.393 e. The number of fused-ring (bicyclic) bond motifs is 1. The largest absolute Gasteiger partial charge is 0.489 e. The first-order valence-corrected chi connectivity index (χ1v) is 11.9. The summed E-state index contributed by atoms with van der Waals surface area (Å²) >= 11 is 0. The van der Waals surface area contributed by atoms with Gasteiger partial charge < -0.3 is 19.7 Å². The SMILES string of the molecule is O=C(Nc1ccc(CC(F)(F)F)cc1)c1cccc2c1OCCN2c1ncccc1OCc1ccccn1. The van der Waals surface area contributed by atoms with Gasteiger partial charge in [0, 0.05) is 18.1 Å². The van der Waals surface area contributed by atoms with E-state index in [1.54, 1.807) is 30.6 Å². The number of rotatable bonds is 7. The predicted octanol–water partition coefficient (Wildman–Crippen LogP) is 5.94. The van der Waals surface area contributed by atoms with Crippen molar-refractivity contribution < 1.29 is 27.4 Å². The van der Waals surface area contributed by atoms with Gasteiger partial charge in [0.2, 0.25) is 0 Å². The second-order valence-corrected chi connectivity index (χ2v) is 8.53. The monoisotopic (exact) mass is 520 g/mol. The van der Waals surface area contributed by atoms with Crippen LogP contribution in [0.25, 0.3) is 0 Å². The lowest BCUT2D eigenvalue weighted by Gasteiger charge is -2.32. The lowest BCUT2D eigenvalue weighted by atomic mass is 10.1. The molecule has 5 rings (SSSR count). The van der Waals surface area contributed by atoms with Crippen LogP contribution in [-0.2, 0) is 13.0 Å². The van der Waals surface area contributed by atoms with Crippen molar-refractivity contribution >= 4 is 23.1 Å². The molecule has 7 nitrogen and oxygen atoms in total. The average molecular weight is 521 g/mol. The first-order valence-electron chi connectivity index (χ1n) is 11.9. The van der Waals surface area contributed by atoms with E-state index in [9.17, 15) is 18.0 Å². The van der Waals surface area contributed by atoms with Crippen molar-refractivity contribution in [3.05, 3.63) is 102 Å². The number of carbonyl (C=O) groups excluding carboxylic acids is 1. The number of para-hydroxylation sites is 1. The second-order valence-electron chi connectivity index (χ2n) is 8.53. The van der Waals surface area contributed by atoms with Gasteiger partial charge in [-0.3, -0.25) is 9.78 Å². The van der Waals surface area contributed by atoms with E-state index >= 15 is 0 Å². The Morgan fingerprint density at radius 1 is 0.974 bits per heavy atom. The lowest BCUT2D eigenvalue weighted by molar-refractivity contribution is -0.127. The van der Waals surface area contributed by atoms with E-state index in [1.165, 1.54) is 24.3 Å². The Morgan fingerprint density at radius 3 is 2.55 bits per heavy atom. The van der Waals surface area contributed by atoms with Crippen LogP contribution in [0.5, 0.6) is 11.5 Å². The van der Waals surface area contributed by atoms with E-state index in [-0.39, 0.29) is 12.2 Å². The molecule has 1 N–H and O–H groups in total. The summed E-state index contributed by atoms with van der Waals surface area (Å²) in [6, 6.07) is 20.0. The molecule has 10 heteroatoms. The van der Waals surface area contributed by atoms with Crippen LogP contribution in [0.2, 0.25) is 0 Å². The number of nitrogens with zero attached hydrogens (tertiary/aromatic N) is 3. The summed E-state index contributed by atoms with van der Waals surface area (Å²) in [5.74, 6) is 1.07. The fraction of sp³-hybridized carbons (Fsp3) is 0.179. The molecule has 1 aliphatic rings. The molecular weight excluding hydrogens is 497 g/mol. The number of halogens is 3. The van der Waals surface area contributed by atoms with Crippen LogP contribution in [0.3, 0.4) is 0 Å². The topological polar surface area (TPSA) is 76.6 Å². The van der Waals surface area contributed by atoms with E-state index in [1.807, 2.05) is 35.2 Å². The molecule has 0 bridgehead atoms. The highest BCUT2D eigenvalue weighted by Gasteiger charge is 2.28. The molecular formula is C28H23F3N4O3. The van der Waals surface area contributed by atoms with Crippen LogP contribution in [0, 0.1) is 0 Å². The summed E-state index contributed by atoms with van der Waals surface area (Å²) < 4.78 is 49.8. The molecule has 0 saturated heterocycles. The number of benzene rings is 2. The zero-order valence-corrected chi connectivity index (χ0v) is 20.1. The molecule has 0 radical (unpaired) electrons. The third-order valence-electron chi connectivity index (χ3n) is 5.82. The number of aromatic nitrogens is 2. The number of pyridine rings is 2. The number of anilines is 3. The quantitative estimate of drug-likeness (QED) is 0.325. The molecule has 4 aromatic rings. The Labute approximate surface area is 216 Å². The van der Waals surface area contributed by atoms with E-state index in [0.717, 1.165) is 5.69 Å². The third kappa shape index (κ3) is 5.86. The van der Waals surface area contributed by atoms with Gasteiger partial charge in [-0.2, -0.15) is 13.2 Å². The van der Waals surface area contributed by atoms with Gasteiger partial charge in [-0.05, 0) is 54.1 Å². The van der Waals surface area contributed by atoms with Crippen LogP contribution in [-0.4, -0.2) is 35.2 Å². The lowest BCUT2D eigenvalue weighted by Crippen LogP contribution is -2.31. The molecule has 0 spiro atoms. The van der Waals surface area contributed by atoms with Gasteiger partial charge in [-0.25, -0.2) is 4.98 Å². The second kappa shape index (κ2) is 10.8. The molecule has 2 aromatic carbocycles. The average Bonchev–Trinajstić information content (AvgIpc) is 2.92. The van der Waals surface area contributed by atoms with E-state index in [0.29, 0.717) is 47.4 Å². The minimum absolute atomic E-state index is 0.114. The Balaban J connectivity index is 1.37. The van der Waals surface area contributed by atoms with Crippen LogP contribution in [0.1, 0.15) is 21.6 Å². The molecule has 0 atom stereocenters. The molecule has 0 fully saturated rings. The first-order chi connectivity index (χ1) is 18.4. The summed E-state index contributed by atoms with van der Waals surface area (Å²) in [6.45, 7) is 1.05. The van der Waals surface area contributed by atoms with Gasteiger partial charge >= 0.3 is 6.18 Å². The Kier molecular flexibility index (Phi) is 7.12. The molecule has 0 saturated carbocycles. The molecule has 0 unspecified atom stereocenters. The van der Waals surface area contributed by atoms with Crippen molar-refractivity contribution in [1.29, 1.82) is 0 Å². The molecule has 1 amide bonds. The maximum atomic E-state index is 13.1. The first kappa shape index (κ1) is 25.1. The summed E-state index contributed by atoms with van der Waals surface area (Å²) in [4.78, 5) is 23.9. The fourth-order valence-corrected chi connectivity index (χ4v) is 4.12. The van der Waals surface area contributed by atoms with Crippen molar-refractivity contribution in [2.45, 2.75) is 19.2 Å². The van der Waals surface area contributed by atoms with Gasteiger partial charge in [0.1, 0.15) is 13.2 Å². The Morgan fingerprint density at radius 2 is 1.79 bits per heavy atom. The summed E-state index contributed by atoms with van der Waals surface area (Å²) in [6.07, 6.45) is -1.96. The number of ether oxygens (including phenoxy) is 2. The molecule has 38 heavy (non-hydrogen) atoms. The third-order valence-corrected chi connectivity index (χ3v) is 5.82. The highest BCUT2D eigenvalue weighted by atomic mass is 19.4. The van der Waals surface area contributed by atoms with Crippen LogP contribution in [0.15, 0.2) is 85.2 Å². The van der Waals surface area contributed by atoms with Crippen LogP contribution >= 0.6 is 0 Å². The van der Waals surface area contributed by atoms with Crippen molar-refractivity contribution in [3.8, 4) is 11.5 Å². The predicted molar refractivity (Wildman–Crippen MR) is 136 cm³/mol. The standard InChI is InChI=1S/C28H23F3N4O3/c29-28(30,31)17-19-9-11-20(12-10-19)34-27(36)22-6-3-7-23-25(22)37-16-15-35(23)26-24(8-4-14-33-26)38-18-21-5-1-2-13-32-21/h1-14H,15-18H2,(H,34,36). The molecule has 194 valence electrons. The summed E-state index contributed by atoms with van der Waals surface area (Å²) in [5.41, 5.74) is 2.20. The Bertz CT molecular complexity index is 1410. The van der Waals surface area contributed by atoms with Gasteiger partial charge in [0.05, 0.1) is 29.9 Å². The Hall–Kier alpha value is -4.60. The van der Waals surface area contributed by atoms with E-state index in [4.69, 9.17) is 9.47 Å². The number of alkyl halides is 3. The maximum absolute atomic E-state index is 13.1. The van der Waals surface area contributed by atoms with E-state index < -0.39 is 18.5 Å². The number of hydrogen-bond acceptors (Lipinski definition) is 6. The van der Waals surface area contributed by atoms with Crippen molar-refractivity contribution in [1.82, 2.24) is 9.97 Å². The highest BCUT2D eigenvalue weighted by Crippen LogP contribution is 2.41. The minimum atomic E-state index is -4.30. The molecule has 1 aliphatic heterocycles. The number of carbonyl (C=O) groups is 1. The number of nitrogens with one attached hydrogen (secondary N) is 1. The number of amides is 1. The summed E-state index contributed by atoms with van der Waals surface area (Å²) in [7, 11) is 0. The van der Waals surface area contributed by atoms with Gasteiger partial charge in [0.15, 0.2) is 17.3 Å². The molecule has 2 aromatic heterocycles. The smallest absolute Gasteiger partial charge is 0.393 e. The normalized spacial score (nSPS) is 12.9. The van der Waals surface area contributed by atoms with Gasteiger partial charge in [-0.15, -0.1) is 0 Å². The fourth-order valence-electron chi connectivity index (χ4n) is 4.12. The van der Waals surface area contributed by atoms with Gasteiger partial charge in [0.25, 0.3) is 5.91 Å². The number of hydrogen-bond donors (Lipinski definition) is 1. The van der Waals surface area contributed by atoms with Crippen molar-refractivity contribution in [2.75, 3.05) is 23.4 Å². The molecule has 0 aliphatic carbocycles. The zero-order chi connectivity index (χ0) is 26.5. The minimum Gasteiger partial charge on any atom is -0.489 e.